The summed E-state index contributed by atoms with van der Waals surface area (Å²) < 4.78 is 29.9. The number of alkyl halides is 3. The molecule has 0 atom stereocenters. The van der Waals surface area contributed by atoms with Gasteiger partial charge in [-0.2, -0.15) is 5.26 Å². The van der Waals surface area contributed by atoms with Gasteiger partial charge in [-0.15, -0.1) is 0 Å². The smallest absolute Gasteiger partial charge is 0.266 e. The van der Waals surface area contributed by atoms with Crippen LogP contribution >= 0.6 is 15.9 Å². The van der Waals surface area contributed by atoms with Crippen LogP contribution in [0.25, 0.3) is 0 Å². The molecule has 0 saturated carbocycles. The summed E-state index contributed by atoms with van der Waals surface area (Å²) in [6.45, 7) is 0. The minimum absolute atomic E-state index is 0.188. The van der Waals surface area contributed by atoms with Gasteiger partial charge in [0.25, 0.3) is 6.43 Å². The molecule has 15 heavy (non-hydrogen) atoms. The van der Waals surface area contributed by atoms with E-state index in [1.807, 2.05) is 0 Å². The van der Waals surface area contributed by atoms with Gasteiger partial charge in [-0.05, 0) is 6.07 Å². The van der Waals surface area contributed by atoms with Crippen LogP contribution < -0.4 is 4.74 Å². The lowest BCUT2D eigenvalue weighted by atomic mass is 10.1. The fourth-order valence-electron chi connectivity index (χ4n) is 1.08. The van der Waals surface area contributed by atoms with Gasteiger partial charge in [0.15, 0.2) is 5.69 Å². The molecule has 0 N–H and O–H groups in total. The van der Waals surface area contributed by atoms with Gasteiger partial charge in [0.05, 0.1) is 12.7 Å². The number of pyridine rings is 1. The maximum Gasteiger partial charge on any atom is 0.266 e. The normalized spacial score (nSPS) is 10.1. The van der Waals surface area contributed by atoms with E-state index in [0.29, 0.717) is 10.9 Å². The van der Waals surface area contributed by atoms with E-state index < -0.39 is 6.43 Å². The summed E-state index contributed by atoms with van der Waals surface area (Å²) >= 11 is 3.13. The highest BCUT2D eigenvalue weighted by Gasteiger charge is 2.18. The van der Waals surface area contributed by atoms with E-state index >= 15 is 0 Å². The van der Waals surface area contributed by atoms with Crippen LogP contribution in [0.15, 0.2) is 6.07 Å². The highest BCUT2D eigenvalue weighted by molar-refractivity contribution is 9.08. The number of ether oxygens (including phenoxy) is 1. The first kappa shape index (κ1) is 11.9. The number of nitriles is 1. The van der Waals surface area contributed by atoms with Crippen molar-refractivity contribution >= 4 is 15.9 Å². The van der Waals surface area contributed by atoms with Gasteiger partial charge in [-0.25, -0.2) is 13.8 Å². The average Bonchev–Trinajstić information content (AvgIpc) is 2.26. The van der Waals surface area contributed by atoms with Crippen LogP contribution in [-0.4, -0.2) is 12.1 Å². The van der Waals surface area contributed by atoms with Crippen molar-refractivity contribution < 1.29 is 13.5 Å². The molecule has 0 aliphatic heterocycles. The van der Waals surface area contributed by atoms with Gasteiger partial charge in [-0.3, -0.25) is 0 Å². The first-order chi connectivity index (χ1) is 7.13. The molecule has 0 saturated heterocycles. The Balaban J connectivity index is 3.36. The first-order valence-corrected chi connectivity index (χ1v) is 5.08. The summed E-state index contributed by atoms with van der Waals surface area (Å²) in [5, 5.41) is 8.98. The van der Waals surface area contributed by atoms with Gasteiger partial charge in [0, 0.05) is 10.9 Å². The van der Waals surface area contributed by atoms with E-state index in [2.05, 4.69) is 20.9 Å². The van der Waals surface area contributed by atoms with Crippen molar-refractivity contribution in [2.24, 2.45) is 0 Å². The third-order valence-corrected chi connectivity index (χ3v) is 2.37. The van der Waals surface area contributed by atoms with Crippen molar-refractivity contribution in [1.29, 1.82) is 5.26 Å². The van der Waals surface area contributed by atoms with Crippen LogP contribution in [0, 0.1) is 11.3 Å². The van der Waals surface area contributed by atoms with Crippen LogP contribution in [0.1, 0.15) is 23.2 Å². The molecule has 80 valence electrons. The zero-order valence-electron chi connectivity index (χ0n) is 7.80. The molecule has 0 amide bonds. The van der Waals surface area contributed by atoms with Crippen molar-refractivity contribution in [3.63, 3.8) is 0 Å². The number of rotatable bonds is 3. The Labute approximate surface area is 93.8 Å². The Morgan fingerprint density at radius 3 is 2.73 bits per heavy atom. The Morgan fingerprint density at radius 2 is 2.33 bits per heavy atom. The van der Waals surface area contributed by atoms with E-state index in [4.69, 9.17) is 10.00 Å². The quantitative estimate of drug-likeness (QED) is 0.798. The molecule has 0 bridgehead atoms. The maximum atomic E-state index is 12.5. The average molecular weight is 277 g/mol. The summed E-state index contributed by atoms with van der Waals surface area (Å²) in [5.74, 6) is 0.188. The summed E-state index contributed by atoms with van der Waals surface area (Å²) in [4.78, 5) is 3.71. The van der Waals surface area contributed by atoms with Crippen molar-refractivity contribution in [3.8, 4) is 11.9 Å². The van der Waals surface area contributed by atoms with E-state index in [0.717, 1.165) is 0 Å². The zero-order valence-corrected chi connectivity index (χ0v) is 9.38. The largest absolute Gasteiger partial charge is 0.481 e. The highest BCUT2D eigenvalue weighted by Crippen LogP contribution is 2.28. The molecule has 0 spiro atoms. The molecular formula is C9H7BrF2N2O. The monoisotopic (exact) mass is 276 g/mol. The van der Waals surface area contributed by atoms with E-state index in [9.17, 15) is 8.78 Å². The molecule has 0 aliphatic rings. The molecule has 3 nitrogen and oxygen atoms in total. The standard InChI is InChI=1S/C9H7BrF2N2O/c1-15-9-5(3-10)2-6(8(11)12)7(4-13)14-9/h2,8H,3H2,1H3. The number of halogens is 3. The van der Waals surface area contributed by atoms with Crippen molar-refractivity contribution in [2.75, 3.05) is 7.11 Å². The Morgan fingerprint density at radius 1 is 1.67 bits per heavy atom. The lowest BCUT2D eigenvalue weighted by Gasteiger charge is -2.08. The lowest BCUT2D eigenvalue weighted by molar-refractivity contribution is 0.150. The second-order valence-electron chi connectivity index (χ2n) is 2.64. The molecule has 1 rings (SSSR count). The van der Waals surface area contributed by atoms with Crippen molar-refractivity contribution in [2.45, 2.75) is 11.8 Å². The van der Waals surface area contributed by atoms with Gasteiger partial charge >= 0.3 is 0 Å². The number of aromatic nitrogens is 1. The molecule has 0 radical (unpaired) electrons. The van der Waals surface area contributed by atoms with E-state index in [1.165, 1.54) is 13.2 Å². The minimum Gasteiger partial charge on any atom is -0.481 e. The lowest BCUT2D eigenvalue weighted by Crippen LogP contribution is -2.01. The fraction of sp³-hybridized carbons (Fsp3) is 0.333. The van der Waals surface area contributed by atoms with E-state index in [1.54, 1.807) is 6.07 Å². The summed E-state index contributed by atoms with van der Waals surface area (Å²) in [5.41, 5.74) is -0.175. The van der Waals surface area contributed by atoms with Crippen LogP contribution in [0.4, 0.5) is 8.78 Å². The first-order valence-electron chi connectivity index (χ1n) is 3.96. The predicted octanol–water partition coefficient (Wildman–Crippen LogP) is 2.79. The van der Waals surface area contributed by atoms with E-state index in [-0.39, 0.29) is 17.1 Å². The molecule has 0 aliphatic carbocycles. The zero-order chi connectivity index (χ0) is 11.4. The van der Waals surface area contributed by atoms with Gasteiger partial charge in [0.2, 0.25) is 5.88 Å². The van der Waals surface area contributed by atoms with Crippen LogP contribution in [-0.2, 0) is 5.33 Å². The van der Waals surface area contributed by atoms with Gasteiger partial charge < -0.3 is 4.74 Å². The van der Waals surface area contributed by atoms with Gasteiger partial charge in [0.1, 0.15) is 6.07 Å². The fourth-order valence-corrected chi connectivity index (χ4v) is 1.49. The molecule has 0 unspecified atom stereocenters. The summed E-state index contributed by atoms with van der Waals surface area (Å²) in [7, 11) is 1.37. The van der Waals surface area contributed by atoms with Crippen LogP contribution in [0.2, 0.25) is 0 Å². The SMILES string of the molecule is COc1nc(C#N)c(C(F)F)cc1CBr. The maximum absolute atomic E-state index is 12.5. The van der Waals surface area contributed by atoms with Crippen LogP contribution in [0.5, 0.6) is 5.88 Å². The molecule has 6 heteroatoms. The molecule has 1 aromatic rings. The number of methoxy groups -OCH3 is 1. The van der Waals surface area contributed by atoms with Crippen LogP contribution in [0.3, 0.4) is 0 Å². The highest BCUT2D eigenvalue weighted by atomic mass is 79.9. The number of hydrogen-bond donors (Lipinski definition) is 0. The summed E-state index contributed by atoms with van der Waals surface area (Å²) in [6, 6.07) is 2.84. The third-order valence-electron chi connectivity index (χ3n) is 1.77. The molecular weight excluding hydrogens is 270 g/mol. The second kappa shape index (κ2) is 5.03. The molecule has 0 aromatic carbocycles. The minimum atomic E-state index is -2.71. The molecule has 1 heterocycles. The van der Waals surface area contributed by atoms with Gasteiger partial charge in [-0.1, -0.05) is 15.9 Å². The van der Waals surface area contributed by atoms with Crippen molar-refractivity contribution in [3.05, 3.63) is 22.9 Å². The topological polar surface area (TPSA) is 45.9 Å². The molecule has 1 aromatic heterocycles. The third kappa shape index (κ3) is 2.42. The Hall–Kier alpha value is -1.22. The molecule has 0 fully saturated rings. The van der Waals surface area contributed by atoms with Crippen molar-refractivity contribution in [1.82, 2.24) is 4.98 Å². The number of hydrogen-bond acceptors (Lipinski definition) is 3. The summed E-state index contributed by atoms with van der Waals surface area (Å²) in [6.07, 6.45) is -2.71. The second-order valence-corrected chi connectivity index (χ2v) is 3.20. The number of nitrogens with zero attached hydrogens (tertiary/aromatic N) is 2. The Kier molecular flexibility index (Phi) is 3.97. The predicted molar refractivity (Wildman–Crippen MR) is 53.1 cm³/mol. The Bertz CT molecular complexity index is 404.